The van der Waals surface area contributed by atoms with Gasteiger partial charge in [-0.3, -0.25) is 4.79 Å². The molecule has 0 aromatic carbocycles. The lowest BCUT2D eigenvalue weighted by atomic mass is 9.93. The lowest BCUT2D eigenvalue weighted by Crippen LogP contribution is -2.56. The number of carbonyl (C=O) groups excluding carboxylic acids is 1. The van der Waals surface area contributed by atoms with Gasteiger partial charge in [-0.1, -0.05) is 0 Å². The molecule has 0 bridgehead atoms. The number of carbonyl (C=O) groups is 2. The summed E-state index contributed by atoms with van der Waals surface area (Å²) in [7, 11) is 0. The van der Waals surface area contributed by atoms with Gasteiger partial charge >= 0.3 is 5.97 Å². The van der Waals surface area contributed by atoms with E-state index in [9.17, 15) is 9.59 Å². The highest BCUT2D eigenvalue weighted by atomic mass is 16.4. The third-order valence-corrected chi connectivity index (χ3v) is 1.55. The molecule has 0 saturated heterocycles. The van der Waals surface area contributed by atoms with Crippen LogP contribution < -0.4 is 0 Å². The van der Waals surface area contributed by atoms with E-state index in [-0.39, 0.29) is 0 Å². The van der Waals surface area contributed by atoms with Crippen molar-refractivity contribution in [3.8, 4) is 0 Å². The van der Waals surface area contributed by atoms with E-state index in [2.05, 4.69) is 0 Å². The van der Waals surface area contributed by atoms with Gasteiger partial charge in [0.05, 0.1) is 6.61 Å². The van der Waals surface area contributed by atoms with Crippen molar-refractivity contribution in [3.05, 3.63) is 0 Å². The number of hydrogen-bond donors (Lipinski definition) is 5. The minimum absolute atomic E-state index is 1.17. The van der Waals surface area contributed by atoms with E-state index in [1.165, 1.54) is 0 Å². The van der Waals surface area contributed by atoms with Gasteiger partial charge in [0.1, 0.15) is 6.61 Å². The maximum atomic E-state index is 10.7. The van der Waals surface area contributed by atoms with Crippen molar-refractivity contribution in [2.75, 3.05) is 13.2 Å². The maximum absolute atomic E-state index is 10.7. The zero-order valence-electron chi connectivity index (χ0n) is 6.54. The molecule has 0 saturated carbocycles. The number of rotatable bonds is 5. The van der Waals surface area contributed by atoms with Crippen LogP contribution in [0, 0.1) is 0 Å². The van der Waals surface area contributed by atoms with Gasteiger partial charge in [-0.15, -0.1) is 0 Å². The molecule has 0 fully saturated rings. The number of aliphatic carboxylic acids is 1. The Morgan fingerprint density at radius 1 is 1.31 bits per heavy atom. The SMILES string of the molecule is O=C(O)[C@@H](O)[C@](O)(CO)C(=O)CO. The van der Waals surface area contributed by atoms with Gasteiger partial charge in [0.25, 0.3) is 0 Å². The number of hydrogen-bond acceptors (Lipinski definition) is 6. The van der Waals surface area contributed by atoms with E-state index < -0.39 is 36.7 Å². The molecule has 0 spiro atoms. The fourth-order valence-electron chi connectivity index (χ4n) is 0.668. The Balaban J connectivity index is 4.82. The van der Waals surface area contributed by atoms with Crippen LogP contribution in [0.1, 0.15) is 0 Å². The molecule has 0 aromatic heterocycles. The summed E-state index contributed by atoms with van der Waals surface area (Å²) in [6.45, 7) is -2.44. The summed E-state index contributed by atoms with van der Waals surface area (Å²) in [6.07, 6.45) is -2.46. The minimum Gasteiger partial charge on any atom is -0.479 e. The summed E-state index contributed by atoms with van der Waals surface area (Å²) in [5.41, 5.74) is -2.85. The molecule has 7 nitrogen and oxygen atoms in total. The van der Waals surface area contributed by atoms with Gasteiger partial charge in [0.2, 0.25) is 0 Å². The van der Waals surface area contributed by atoms with Crippen LogP contribution in [0.25, 0.3) is 0 Å². The highest BCUT2D eigenvalue weighted by molar-refractivity contribution is 5.94. The van der Waals surface area contributed by atoms with Crippen molar-refractivity contribution in [1.82, 2.24) is 0 Å². The van der Waals surface area contributed by atoms with Gasteiger partial charge in [-0.05, 0) is 0 Å². The quantitative estimate of drug-likeness (QED) is 0.309. The number of aliphatic hydroxyl groups excluding tert-OH is 3. The molecule has 0 aliphatic heterocycles. The summed E-state index contributed by atoms with van der Waals surface area (Å²) in [6, 6.07) is 0. The second kappa shape index (κ2) is 4.28. The molecular weight excluding hydrogens is 184 g/mol. The molecule has 13 heavy (non-hydrogen) atoms. The van der Waals surface area contributed by atoms with E-state index in [0.717, 1.165) is 0 Å². The first kappa shape index (κ1) is 12.0. The van der Waals surface area contributed by atoms with Gasteiger partial charge in [-0.2, -0.15) is 0 Å². The first-order valence-corrected chi connectivity index (χ1v) is 3.28. The van der Waals surface area contributed by atoms with Crippen LogP contribution in [-0.2, 0) is 9.59 Å². The molecule has 76 valence electrons. The van der Waals surface area contributed by atoms with E-state index in [1.54, 1.807) is 0 Å². The second-order valence-electron chi connectivity index (χ2n) is 2.40. The normalized spacial score (nSPS) is 17.5. The van der Waals surface area contributed by atoms with Crippen molar-refractivity contribution in [3.63, 3.8) is 0 Å². The minimum atomic E-state index is -2.85. The van der Waals surface area contributed by atoms with Crippen molar-refractivity contribution in [1.29, 1.82) is 0 Å². The highest BCUT2D eigenvalue weighted by Gasteiger charge is 2.46. The Morgan fingerprint density at radius 3 is 2.00 bits per heavy atom. The fraction of sp³-hybridized carbons (Fsp3) is 0.667. The molecule has 0 aromatic rings. The predicted molar refractivity (Wildman–Crippen MR) is 37.8 cm³/mol. The molecule has 0 heterocycles. The number of carboxylic acids is 1. The van der Waals surface area contributed by atoms with Crippen LogP contribution in [0.4, 0.5) is 0 Å². The van der Waals surface area contributed by atoms with E-state index in [1.807, 2.05) is 0 Å². The second-order valence-corrected chi connectivity index (χ2v) is 2.40. The number of ketones is 1. The average molecular weight is 194 g/mol. The zero-order chi connectivity index (χ0) is 10.6. The molecule has 7 heteroatoms. The fourth-order valence-corrected chi connectivity index (χ4v) is 0.668. The van der Waals surface area contributed by atoms with Crippen molar-refractivity contribution >= 4 is 11.8 Å². The molecule has 0 amide bonds. The monoisotopic (exact) mass is 194 g/mol. The Hall–Kier alpha value is -1.02. The first-order valence-electron chi connectivity index (χ1n) is 3.28. The van der Waals surface area contributed by atoms with E-state index in [0.29, 0.717) is 0 Å². The van der Waals surface area contributed by atoms with Crippen LogP contribution in [0.2, 0.25) is 0 Å². The lowest BCUT2D eigenvalue weighted by molar-refractivity contribution is -0.177. The summed E-state index contributed by atoms with van der Waals surface area (Å²) >= 11 is 0. The smallest absolute Gasteiger partial charge is 0.336 e. The molecule has 0 rings (SSSR count). The molecule has 0 aliphatic rings. The third-order valence-electron chi connectivity index (χ3n) is 1.55. The maximum Gasteiger partial charge on any atom is 0.336 e. The molecule has 0 aliphatic carbocycles. The topological polar surface area (TPSA) is 135 Å². The van der Waals surface area contributed by atoms with Gasteiger partial charge < -0.3 is 25.5 Å². The lowest BCUT2D eigenvalue weighted by Gasteiger charge is -2.25. The summed E-state index contributed by atoms with van der Waals surface area (Å²) in [5, 5.41) is 43.0. The average Bonchev–Trinajstić information content (AvgIpc) is 2.13. The Kier molecular flexibility index (Phi) is 3.95. The van der Waals surface area contributed by atoms with E-state index >= 15 is 0 Å². The van der Waals surface area contributed by atoms with Crippen LogP contribution in [-0.4, -0.2) is 62.2 Å². The standard InChI is InChI=1S/C6H10O7/c7-1-3(9)6(13,2-8)4(10)5(11)12/h4,7-8,10,13H,1-2H2,(H,11,12)/t4-,6+/m1/s1. The summed E-state index contributed by atoms with van der Waals surface area (Å²) in [4.78, 5) is 20.9. The Bertz CT molecular complexity index is 213. The van der Waals surface area contributed by atoms with E-state index in [4.69, 9.17) is 25.5 Å². The van der Waals surface area contributed by atoms with Crippen LogP contribution in [0.5, 0.6) is 0 Å². The van der Waals surface area contributed by atoms with Crippen molar-refractivity contribution < 1.29 is 35.1 Å². The van der Waals surface area contributed by atoms with Crippen LogP contribution in [0.3, 0.4) is 0 Å². The van der Waals surface area contributed by atoms with Crippen molar-refractivity contribution in [2.24, 2.45) is 0 Å². The van der Waals surface area contributed by atoms with Crippen LogP contribution in [0.15, 0.2) is 0 Å². The van der Waals surface area contributed by atoms with Crippen molar-refractivity contribution in [2.45, 2.75) is 11.7 Å². The van der Waals surface area contributed by atoms with Gasteiger partial charge in [-0.25, -0.2) is 4.79 Å². The highest BCUT2D eigenvalue weighted by Crippen LogP contribution is 2.11. The molecular formula is C6H10O7. The first-order chi connectivity index (χ1) is 5.90. The van der Waals surface area contributed by atoms with Crippen LogP contribution >= 0.6 is 0 Å². The molecule has 2 atom stereocenters. The Morgan fingerprint density at radius 2 is 1.77 bits per heavy atom. The van der Waals surface area contributed by atoms with Gasteiger partial charge in [0, 0.05) is 0 Å². The predicted octanol–water partition coefficient (Wildman–Crippen LogP) is -3.28. The largest absolute Gasteiger partial charge is 0.479 e. The van der Waals surface area contributed by atoms with Gasteiger partial charge in [0.15, 0.2) is 17.5 Å². The number of Topliss-reactive ketones (excluding diaryl/α,β-unsaturated/α-hetero) is 1. The molecule has 0 unspecified atom stereocenters. The zero-order valence-corrected chi connectivity index (χ0v) is 6.54. The number of carboxylic acid groups (broad SMARTS) is 1. The third kappa shape index (κ3) is 2.22. The summed E-state index contributed by atoms with van der Waals surface area (Å²) < 4.78 is 0. The molecule has 5 N–H and O–H groups in total. The Labute approximate surface area is 72.9 Å². The molecule has 0 radical (unpaired) electrons. The summed E-state index contributed by atoms with van der Waals surface area (Å²) in [5.74, 6) is -3.22. The number of aliphatic hydroxyl groups is 4.